The number of ether oxygens (including phenoxy) is 1. The van der Waals surface area contributed by atoms with Crippen molar-refractivity contribution in [3.05, 3.63) is 11.6 Å². The van der Waals surface area contributed by atoms with Crippen molar-refractivity contribution >= 4 is 0 Å². The van der Waals surface area contributed by atoms with Gasteiger partial charge >= 0.3 is 0 Å². The normalized spacial score (nSPS) is 26.5. The standard InChI is InChI=1S/C9H13NO/c1-9(2)7-8(3-5-10)4-6-11-9/h3H,4,6-7H2,1-2H3/b8-3-. The van der Waals surface area contributed by atoms with E-state index >= 15 is 0 Å². The number of rotatable bonds is 0. The smallest absolute Gasteiger partial charge is 0.0911 e. The van der Waals surface area contributed by atoms with Gasteiger partial charge in [0.2, 0.25) is 0 Å². The van der Waals surface area contributed by atoms with Crippen molar-refractivity contribution in [2.45, 2.75) is 32.3 Å². The van der Waals surface area contributed by atoms with Gasteiger partial charge in [-0.2, -0.15) is 5.26 Å². The molecule has 0 spiro atoms. The zero-order valence-corrected chi connectivity index (χ0v) is 7.05. The van der Waals surface area contributed by atoms with Crippen LogP contribution in [0.4, 0.5) is 0 Å². The van der Waals surface area contributed by atoms with Crippen molar-refractivity contribution in [2.75, 3.05) is 6.61 Å². The Morgan fingerprint density at radius 2 is 2.36 bits per heavy atom. The lowest BCUT2D eigenvalue weighted by molar-refractivity contribution is -0.0332. The van der Waals surface area contributed by atoms with Crippen molar-refractivity contribution in [3.63, 3.8) is 0 Å². The number of hydrogen-bond acceptors (Lipinski definition) is 2. The van der Waals surface area contributed by atoms with Gasteiger partial charge in [0.05, 0.1) is 18.3 Å². The van der Waals surface area contributed by atoms with Crippen molar-refractivity contribution < 1.29 is 4.74 Å². The second kappa shape index (κ2) is 3.06. The second-order valence-electron chi connectivity index (χ2n) is 3.47. The Labute approximate surface area is 67.5 Å². The van der Waals surface area contributed by atoms with E-state index in [2.05, 4.69) is 19.9 Å². The van der Waals surface area contributed by atoms with Crippen LogP contribution in [-0.4, -0.2) is 12.2 Å². The molecule has 0 aliphatic carbocycles. The third-order valence-electron chi connectivity index (χ3n) is 1.84. The highest BCUT2D eigenvalue weighted by Crippen LogP contribution is 2.27. The maximum atomic E-state index is 8.42. The predicted molar refractivity (Wildman–Crippen MR) is 43.0 cm³/mol. The summed E-state index contributed by atoms with van der Waals surface area (Å²) in [4.78, 5) is 0. The SMILES string of the molecule is CC1(C)C/C(=C\C#N)CCO1. The zero-order valence-electron chi connectivity index (χ0n) is 7.05. The van der Waals surface area contributed by atoms with E-state index in [0.29, 0.717) is 0 Å². The molecule has 1 aliphatic heterocycles. The molecule has 1 aliphatic rings. The average molecular weight is 151 g/mol. The van der Waals surface area contributed by atoms with Gasteiger partial charge in [0.1, 0.15) is 0 Å². The maximum Gasteiger partial charge on any atom is 0.0911 e. The van der Waals surface area contributed by atoms with Crippen molar-refractivity contribution in [3.8, 4) is 6.07 Å². The topological polar surface area (TPSA) is 33.0 Å². The molecule has 0 aromatic heterocycles. The first-order valence-electron chi connectivity index (χ1n) is 3.85. The molecular formula is C9H13NO. The van der Waals surface area contributed by atoms with E-state index in [1.807, 2.05) is 0 Å². The minimum absolute atomic E-state index is 0.0685. The summed E-state index contributed by atoms with van der Waals surface area (Å²) in [7, 11) is 0. The fraction of sp³-hybridized carbons (Fsp3) is 0.667. The van der Waals surface area contributed by atoms with E-state index in [0.717, 1.165) is 19.4 Å². The van der Waals surface area contributed by atoms with Crippen molar-refractivity contribution in [1.29, 1.82) is 5.26 Å². The first-order valence-corrected chi connectivity index (χ1v) is 3.85. The van der Waals surface area contributed by atoms with Crippen LogP contribution in [0.15, 0.2) is 11.6 Å². The first-order chi connectivity index (χ1) is 5.14. The quantitative estimate of drug-likeness (QED) is 0.496. The van der Waals surface area contributed by atoms with Crippen LogP contribution >= 0.6 is 0 Å². The van der Waals surface area contributed by atoms with Gasteiger partial charge in [0.25, 0.3) is 0 Å². The van der Waals surface area contributed by atoms with Gasteiger partial charge in [0, 0.05) is 6.08 Å². The fourth-order valence-corrected chi connectivity index (χ4v) is 1.36. The van der Waals surface area contributed by atoms with E-state index in [1.54, 1.807) is 6.08 Å². The molecule has 11 heavy (non-hydrogen) atoms. The van der Waals surface area contributed by atoms with Gasteiger partial charge in [0.15, 0.2) is 0 Å². The van der Waals surface area contributed by atoms with Crippen LogP contribution in [0.5, 0.6) is 0 Å². The van der Waals surface area contributed by atoms with E-state index in [-0.39, 0.29) is 5.60 Å². The lowest BCUT2D eigenvalue weighted by atomic mass is 9.93. The van der Waals surface area contributed by atoms with Crippen molar-refractivity contribution in [1.82, 2.24) is 0 Å². The van der Waals surface area contributed by atoms with Gasteiger partial charge in [-0.1, -0.05) is 5.57 Å². The lowest BCUT2D eigenvalue weighted by Crippen LogP contribution is -2.30. The van der Waals surface area contributed by atoms with Crippen LogP contribution in [0.25, 0.3) is 0 Å². The molecule has 0 aromatic carbocycles. The predicted octanol–water partition coefficient (Wildman–Crippen LogP) is 2.03. The van der Waals surface area contributed by atoms with E-state index in [9.17, 15) is 0 Å². The van der Waals surface area contributed by atoms with Gasteiger partial charge in [-0.05, 0) is 26.7 Å². The van der Waals surface area contributed by atoms with E-state index in [1.165, 1.54) is 5.57 Å². The van der Waals surface area contributed by atoms with Crippen LogP contribution < -0.4 is 0 Å². The molecule has 1 rings (SSSR count). The van der Waals surface area contributed by atoms with Gasteiger partial charge in [-0.25, -0.2) is 0 Å². The summed E-state index contributed by atoms with van der Waals surface area (Å²) in [6.45, 7) is 4.86. The summed E-state index contributed by atoms with van der Waals surface area (Å²) in [6, 6.07) is 2.06. The van der Waals surface area contributed by atoms with Crippen LogP contribution in [0.2, 0.25) is 0 Å². The molecule has 60 valence electrons. The second-order valence-corrected chi connectivity index (χ2v) is 3.47. The Balaban J connectivity index is 2.62. The third-order valence-corrected chi connectivity index (χ3v) is 1.84. The lowest BCUT2D eigenvalue weighted by Gasteiger charge is -2.31. The molecule has 0 atom stereocenters. The van der Waals surface area contributed by atoms with E-state index < -0.39 is 0 Å². The average Bonchev–Trinajstić information content (AvgIpc) is 1.85. The zero-order chi connectivity index (χ0) is 8.32. The molecule has 1 saturated heterocycles. The minimum Gasteiger partial charge on any atom is -0.375 e. The summed E-state index contributed by atoms with van der Waals surface area (Å²) < 4.78 is 5.49. The molecule has 0 radical (unpaired) electrons. The van der Waals surface area contributed by atoms with Gasteiger partial charge < -0.3 is 4.74 Å². The van der Waals surface area contributed by atoms with Crippen LogP contribution in [0.1, 0.15) is 26.7 Å². The van der Waals surface area contributed by atoms with Crippen LogP contribution in [0.3, 0.4) is 0 Å². The molecule has 1 heterocycles. The Morgan fingerprint density at radius 1 is 1.64 bits per heavy atom. The summed E-state index contributed by atoms with van der Waals surface area (Å²) in [5.74, 6) is 0. The highest BCUT2D eigenvalue weighted by atomic mass is 16.5. The van der Waals surface area contributed by atoms with Crippen LogP contribution in [-0.2, 0) is 4.74 Å². The first kappa shape index (κ1) is 8.29. The third kappa shape index (κ3) is 2.36. The van der Waals surface area contributed by atoms with Crippen LogP contribution in [0, 0.1) is 11.3 Å². The van der Waals surface area contributed by atoms with Crippen molar-refractivity contribution in [2.24, 2.45) is 0 Å². The fourth-order valence-electron chi connectivity index (χ4n) is 1.36. The Morgan fingerprint density at radius 3 is 2.91 bits per heavy atom. The molecule has 0 saturated carbocycles. The number of nitrogens with zero attached hydrogens (tertiary/aromatic N) is 1. The molecule has 2 nitrogen and oxygen atoms in total. The number of nitriles is 1. The summed E-state index contributed by atoms with van der Waals surface area (Å²) >= 11 is 0. The van der Waals surface area contributed by atoms with Gasteiger partial charge in [-0.3, -0.25) is 0 Å². The molecule has 0 aromatic rings. The summed E-state index contributed by atoms with van der Waals surface area (Å²) in [5.41, 5.74) is 1.14. The number of hydrogen-bond donors (Lipinski definition) is 0. The maximum absolute atomic E-state index is 8.42. The highest BCUT2D eigenvalue weighted by Gasteiger charge is 2.24. The van der Waals surface area contributed by atoms with E-state index in [4.69, 9.17) is 10.00 Å². The summed E-state index contributed by atoms with van der Waals surface area (Å²) in [5, 5.41) is 8.42. The number of allylic oxidation sites excluding steroid dienone is 1. The molecular weight excluding hydrogens is 138 g/mol. The molecule has 1 fully saturated rings. The Bertz CT molecular complexity index is 210. The Kier molecular flexibility index (Phi) is 2.31. The Hall–Kier alpha value is -0.810. The molecule has 2 heteroatoms. The molecule has 0 bridgehead atoms. The summed E-state index contributed by atoms with van der Waals surface area (Å²) in [6.07, 6.45) is 3.45. The molecule has 0 amide bonds. The molecule has 0 unspecified atom stereocenters. The largest absolute Gasteiger partial charge is 0.375 e. The monoisotopic (exact) mass is 151 g/mol. The minimum atomic E-state index is -0.0685. The molecule has 0 N–H and O–H groups in total. The van der Waals surface area contributed by atoms with Gasteiger partial charge in [-0.15, -0.1) is 0 Å². The highest BCUT2D eigenvalue weighted by molar-refractivity contribution is 5.16.